The smallest absolute Gasteiger partial charge is 0.255 e. The molecule has 3 aliphatic carbocycles. The van der Waals surface area contributed by atoms with Gasteiger partial charge in [-0.1, -0.05) is 27.7 Å². The Kier molecular flexibility index (Phi) is 5.79. The van der Waals surface area contributed by atoms with E-state index in [0.29, 0.717) is 5.56 Å². The molecule has 0 fully saturated rings. The molecule has 9 N–H and O–H groups in total. The summed E-state index contributed by atoms with van der Waals surface area (Å²) in [4.78, 5) is 40.8. The van der Waals surface area contributed by atoms with Crippen molar-refractivity contribution in [2.45, 2.75) is 56.8 Å². The van der Waals surface area contributed by atoms with Gasteiger partial charge in [-0.3, -0.25) is 19.3 Å². The van der Waals surface area contributed by atoms with E-state index in [4.69, 9.17) is 11.5 Å². The van der Waals surface area contributed by atoms with Crippen LogP contribution in [0.1, 0.15) is 55.1 Å². The van der Waals surface area contributed by atoms with Crippen LogP contribution in [0.2, 0.25) is 0 Å². The monoisotopic (exact) mass is 515 g/mol. The van der Waals surface area contributed by atoms with E-state index < -0.39 is 81.1 Å². The highest BCUT2D eigenvalue weighted by Crippen LogP contribution is 2.57. The summed E-state index contributed by atoms with van der Waals surface area (Å²) in [6, 6.07) is 0.250. The number of anilines is 1. The molecule has 0 aromatic heterocycles. The van der Waals surface area contributed by atoms with Crippen molar-refractivity contribution in [3.8, 4) is 5.75 Å². The minimum atomic E-state index is -2.95. The number of carbonyl (C=O) groups excluding carboxylic acids is 3. The van der Waals surface area contributed by atoms with Gasteiger partial charge in [-0.2, -0.15) is 0 Å². The zero-order valence-electron chi connectivity index (χ0n) is 21.5. The van der Waals surface area contributed by atoms with Crippen molar-refractivity contribution in [2.75, 3.05) is 19.8 Å². The molecular formula is C26H33N3O8. The van der Waals surface area contributed by atoms with Gasteiger partial charge < -0.3 is 37.0 Å². The molecule has 200 valence electrons. The fraction of sp³-hybridized carbons (Fsp3) is 0.500. The lowest BCUT2D eigenvalue weighted by molar-refractivity contribution is -0.162. The van der Waals surface area contributed by atoms with E-state index in [0.717, 1.165) is 0 Å². The first-order valence-corrected chi connectivity index (χ1v) is 11.9. The number of Topliss-reactive ketones (excluding diaryl/α,β-unsaturated/α-hetero) is 2. The van der Waals surface area contributed by atoms with Crippen LogP contribution < -0.4 is 11.5 Å². The summed E-state index contributed by atoms with van der Waals surface area (Å²) in [5, 5.41) is 56.8. The summed E-state index contributed by atoms with van der Waals surface area (Å²) in [6.45, 7) is 7.08. The molecule has 0 heterocycles. The van der Waals surface area contributed by atoms with Crippen LogP contribution in [0.15, 0.2) is 28.7 Å². The standard InChI is InChI=1S/C26H33N3O8/c1-8-11-10(27)7-9(25(2,3)4)18(30)13(11)19(31)14-12(8)20(32)16-17(29(5)6)21(33)15(24(28)36)23(35)26(16,37)22(14)34/h7-8,12,16-17,20,30,32-34,37H,27H2,1-6H3,(H2,28,36)/t8-,12+,16+,17-,20-,26-/m0/s1. The normalized spacial score (nSPS) is 31.9. The van der Waals surface area contributed by atoms with Crippen LogP contribution in [-0.2, 0) is 15.0 Å². The number of ketones is 2. The number of carbonyl (C=O) groups is 3. The molecule has 0 spiro atoms. The Morgan fingerprint density at radius 3 is 2.19 bits per heavy atom. The Balaban J connectivity index is 2.08. The lowest BCUT2D eigenvalue weighted by Gasteiger charge is -2.53. The number of nitrogens with zero attached hydrogens (tertiary/aromatic N) is 1. The van der Waals surface area contributed by atoms with Crippen LogP contribution in [0.25, 0.3) is 0 Å². The van der Waals surface area contributed by atoms with E-state index in [-0.39, 0.29) is 22.6 Å². The minimum Gasteiger partial charge on any atom is -0.510 e. The van der Waals surface area contributed by atoms with Crippen molar-refractivity contribution in [3.05, 3.63) is 45.4 Å². The van der Waals surface area contributed by atoms with Crippen molar-refractivity contribution < 1.29 is 39.9 Å². The number of nitrogen functional groups attached to an aromatic ring is 1. The van der Waals surface area contributed by atoms with E-state index in [9.17, 15) is 39.9 Å². The second-order valence-electron chi connectivity index (χ2n) is 11.5. The Labute approximate surface area is 213 Å². The summed E-state index contributed by atoms with van der Waals surface area (Å²) < 4.78 is 0. The number of nitrogens with two attached hydrogens (primary N) is 2. The van der Waals surface area contributed by atoms with Gasteiger partial charge in [0.2, 0.25) is 5.78 Å². The molecule has 0 aliphatic heterocycles. The van der Waals surface area contributed by atoms with Gasteiger partial charge in [0.15, 0.2) is 11.4 Å². The largest absolute Gasteiger partial charge is 0.510 e. The van der Waals surface area contributed by atoms with Crippen LogP contribution in [0.4, 0.5) is 5.69 Å². The van der Waals surface area contributed by atoms with E-state index in [2.05, 4.69) is 0 Å². The fourth-order valence-corrected chi connectivity index (χ4v) is 6.38. The fourth-order valence-electron chi connectivity index (χ4n) is 6.38. The molecule has 1 amide bonds. The molecule has 0 saturated carbocycles. The highest BCUT2D eigenvalue weighted by Gasteiger charge is 2.67. The number of aromatic hydroxyl groups is 1. The predicted octanol–water partition coefficient (Wildman–Crippen LogP) is 0.532. The van der Waals surface area contributed by atoms with Gasteiger partial charge in [-0.15, -0.1) is 0 Å². The maximum Gasteiger partial charge on any atom is 0.255 e. The molecule has 4 rings (SSSR count). The molecule has 1 aromatic carbocycles. The Bertz CT molecular complexity index is 1320. The van der Waals surface area contributed by atoms with Crippen molar-refractivity contribution >= 4 is 23.2 Å². The first-order chi connectivity index (χ1) is 16.9. The van der Waals surface area contributed by atoms with Crippen molar-refractivity contribution in [1.82, 2.24) is 4.90 Å². The third kappa shape index (κ3) is 3.27. The summed E-state index contributed by atoms with van der Waals surface area (Å²) in [6.07, 6.45) is -1.67. The van der Waals surface area contributed by atoms with E-state index in [1.165, 1.54) is 19.0 Å². The maximum atomic E-state index is 13.9. The molecule has 0 radical (unpaired) electrons. The number of aliphatic hydroxyl groups excluding tert-OH is 3. The summed E-state index contributed by atoms with van der Waals surface area (Å²) in [5.74, 6) is -9.35. The van der Waals surface area contributed by atoms with Crippen LogP contribution in [-0.4, -0.2) is 79.7 Å². The van der Waals surface area contributed by atoms with Gasteiger partial charge in [-0.25, -0.2) is 0 Å². The number of amides is 1. The van der Waals surface area contributed by atoms with Gasteiger partial charge >= 0.3 is 0 Å². The molecule has 0 bridgehead atoms. The van der Waals surface area contributed by atoms with E-state index in [1.807, 2.05) is 20.8 Å². The van der Waals surface area contributed by atoms with E-state index in [1.54, 1.807) is 13.0 Å². The SMILES string of the molecule is C[C@H]1c2c(N)cc(C(C)(C)C)c(O)c2C(=O)C2=C(O)[C@]3(O)C(=O)C(C(N)=O)=C(O)[C@@H](N(C)C)[C@@H]3[C@@H](O)[C@@H]21. The zero-order valence-corrected chi connectivity index (χ0v) is 21.5. The number of rotatable bonds is 2. The number of fused-ring (bicyclic) bond motifs is 3. The summed E-state index contributed by atoms with van der Waals surface area (Å²) >= 11 is 0. The second kappa shape index (κ2) is 8.04. The van der Waals surface area contributed by atoms with Gasteiger partial charge in [-0.05, 0) is 37.1 Å². The topological polar surface area (TPSA) is 208 Å². The third-order valence-electron chi connectivity index (χ3n) is 8.07. The average Bonchev–Trinajstić information content (AvgIpc) is 2.76. The van der Waals surface area contributed by atoms with Crippen LogP contribution in [0.5, 0.6) is 5.75 Å². The van der Waals surface area contributed by atoms with Gasteiger partial charge in [0.05, 0.1) is 23.6 Å². The molecule has 11 nitrogen and oxygen atoms in total. The van der Waals surface area contributed by atoms with Gasteiger partial charge in [0.1, 0.15) is 22.8 Å². The van der Waals surface area contributed by atoms with Gasteiger partial charge in [0.25, 0.3) is 5.91 Å². The number of primary amides is 1. The lowest BCUT2D eigenvalue weighted by atomic mass is 9.55. The van der Waals surface area contributed by atoms with Crippen molar-refractivity contribution in [3.63, 3.8) is 0 Å². The minimum absolute atomic E-state index is 0.189. The van der Waals surface area contributed by atoms with Crippen LogP contribution in [0, 0.1) is 11.8 Å². The van der Waals surface area contributed by atoms with Crippen LogP contribution >= 0.6 is 0 Å². The third-order valence-corrected chi connectivity index (χ3v) is 8.07. The lowest BCUT2D eigenvalue weighted by Crippen LogP contribution is -2.68. The molecule has 6 atom stereocenters. The Morgan fingerprint density at radius 1 is 1.14 bits per heavy atom. The summed E-state index contributed by atoms with van der Waals surface area (Å²) in [7, 11) is 2.96. The highest BCUT2D eigenvalue weighted by atomic mass is 16.4. The summed E-state index contributed by atoms with van der Waals surface area (Å²) in [5.41, 5.74) is 7.37. The Hall–Kier alpha value is -3.41. The molecule has 11 heteroatoms. The van der Waals surface area contributed by atoms with Crippen molar-refractivity contribution in [1.29, 1.82) is 0 Å². The van der Waals surface area contributed by atoms with Crippen LogP contribution in [0.3, 0.4) is 0 Å². The molecular weight excluding hydrogens is 482 g/mol. The molecule has 37 heavy (non-hydrogen) atoms. The molecule has 0 saturated heterocycles. The number of likely N-dealkylation sites (N-methyl/N-ethyl adjacent to an activating group) is 1. The number of phenols is 1. The molecule has 0 unspecified atom stereocenters. The second-order valence-corrected chi connectivity index (χ2v) is 11.5. The molecule has 3 aliphatic rings. The first-order valence-electron chi connectivity index (χ1n) is 11.9. The number of aliphatic hydroxyl groups is 4. The number of hydrogen-bond donors (Lipinski definition) is 7. The number of hydrogen-bond acceptors (Lipinski definition) is 10. The van der Waals surface area contributed by atoms with E-state index >= 15 is 0 Å². The number of phenolic OH excluding ortho intramolecular Hbond substituents is 1. The highest BCUT2D eigenvalue weighted by molar-refractivity contribution is 6.25. The van der Waals surface area contributed by atoms with Gasteiger partial charge in [0, 0.05) is 22.7 Å². The number of benzene rings is 1. The Morgan fingerprint density at radius 2 is 1.70 bits per heavy atom. The average molecular weight is 516 g/mol. The van der Waals surface area contributed by atoms with Crippen molar-refractivity contribution in [2.24, 2.45) is 17.6 Å². The quantitative estimate of drug-likeness (QED) is 0.165. The predicted molar refractivity (Wildman–Crippen MR) is 133 cm³/mol. The zero-order chi connectivity index (χ0) is 28.1. The first kappa shape index (κ1) is 26.6. The molecule has 1 aromatic rings. The maximum absolute atomic E-state index is 13.9.